The van der Waals surface area contributed by atoms with Crippen LogP contribution in [0.25, 0.3) is 10.1 Å². The Morgan fingerprint density at radius 1 is 1.22 bits per heavy atom. The first kappa shape index (κ1) is 15.7. The summed E-state index contributed by atoms with van der Waals surface area (Å²) in [4.78, 5) is 12.6. The molecule has 23 heavy (non-hydrogen) atoms. The zero-order valence-electron chi connectivity index (χ0n) is 11.8. The summed E-state index contributed by atoms with van der Waals surface area (Å²) in [6, 6.07) is 8.18. The average Bonchev–Trinajstić information content (AvgIpc) is 2.86. The van der Waals surface area contributed by atoms with Crippen LogP contribution >= 0.6 is 22.9 Å². The van der Waals surface area contributed by atoms with Crippen molar-refractivity contribution in [1.82, 2.24) is 0 Å². The Labute approximate surface area is 139 Å². The number of hydrogen-bond acceptors (Lipinski definition) is 3. The van der Waals surface area contributed by atoms with Crippen LogP contribution in [0.4, 0.5) is 14.5 Å². The summed E-state index contributed by atoms with van der Waals surface area (Å²) in [5, 5.41) is 3.39. The molecular formula is C16H10ClF2NO2S. The predicted octanol–water partition coefficient (Wildman–Crippen LogP) is 5.09. The first-order valence-electron chi connectivity index (χ1n) is 6.52. The van der Waals surface area contributed by atoms with Crippen molar-refractivity contribution in [3.05, 3.63) is 57.9 Å². The summed E-state index contributed by atoms with van der Waals surface area (Å²) in [5.41, 5.74) is -0.109. The highest BCUT2D eigenvalue weighted by Gasteiger charge is 2.19. The molecule has 1 amide bonds. The second kappa shape index (κ2) is 6.14. The van der Waals surface area contributed by atoms with Gasteiger partial charge in [-0.25, -0.2) is 8.78 Å². The predicted molar refractivity (Wildman–Crippen MR) is 87.7 cm³/mol. The normalized spacial score (nSPS) is 10.8. The van der Waals surface area contributed by atoms with E-state index in [4.69, 9.17) is 16.3 Å². The van der Waals surface area contributed by atoms with E-state index in [1.807, 2.05) is 0 Å². The molecule has 0 atom stereocenters. The Hall–Kier alpha value is -2.18. The fourth-order valence-corrected chi connectivity index (χ4v) is 3.53. The lowest BCUT2D eigenvalue weighted by atomic mass is 10.2. The second-order valence-electron chi connectivity index (χ2n) is 4.69. The number of anilines is 1. The monoisotopic (exact) mass is 353 g/mol. The molecule has 3 aromatic rings. The molecule has 0 unspecified atom stereocenters. The molecule has 2 aromatic carbocycles. The maximum absolute atomic E-state index is 13.6. The largest absolute Gasteiger partial charge is 0.497 e. The highest BCUT2D eigenvalue weighted by molar-refractivity contribution is 7.21. The van der Waals surface area contributed by atoms with Crippen molar-refractivity contribution in [3.8, 4) is 5.75 Å². The molecule has 1 N–H and O–H groups in total. The van der Waals surface area contributed by atoms with Gasteiger partial charge in [-0.05, 0) is 30.3 Å². The van der Waals surface area contributed by atoms with E-state index in [2.05, 4.69) is 5.32 Å². The number of thiophene rings is 1. The number of nitrogens with one attached hydrogen (secondary N) is 1. The molecule has 7 heteroatoms. The van der Waals surface area contributed by atoms with Crippen LogP contribution in [-0.4, -0.2) is 13.0 Å². The van der Waals surface area contributed by atoms with Crippen molar-refractivity contribution in [2.24, 2.45) is 0 Å². The standard InChI is InChI=1S/C16H10ClF2NO2S/c1-22-9-3-4-10-13(7-9)23-15(14(10)17)16(21)20-12-5-2-8(18)6-11(12)19/h2-7H,1H3,(H,20,21). The fraction of sp³-hybridized carbons (Fsp3) is 0.0625. The number of hydrogen-bond donors (Lipinski definition) is 1. The number of benzene rings is 2. The molecule has 0 saturated heterocycles. The summed E-state index contributed by atoms with van der Waals surface area (Å²) < 4.78 is 32.4. The molecule has 0 saturated carbocycles. The third-order valence-corrected chi connectivity index (χ3v) is 4.88. The third kappa shape index (κ3) is 3.00. The van der Waals surface area contributed by atoms with Crippen LogP contribution in [0, 0.1) is 11.6 Å². The van der Waals surface area contributed by atoms with Gasteiger partial charge < -0.3 is 10.1 Å². The molecule has 0 aliphatic rings. The van der Waals surface area contributed by atoms with Gasteiger partial charge in [-0.2, -0.15) is 0 Å². The Balaban J connectivity index is 1.95. The zero-order chi connectivity index (χ0) is 16.6. The molecule has 0 radical (unpaired) electrons. The number of ether oxygens (including phenoxy) is 1. The lowest BCUT2D eigenvalue weighted by Crippen LogP contribution is -2.12. The van der Waals surface area contributed by atoms with Crippen LogP contribution in [0.15, 0.2) is 36.4 Å². The minimum Gasteiger partial charge on any atom is -0.497 e. The molecule has 118 valence electrons. The molecule has 0 bridgehead atoms. The maximum Gasteiger partial charge on any atom is 0.267 e. The fourth-order valence-electron chi connectivity index (χ4n) is 2.09. The summed E-state index contributed by atoms with van der Waals surface area (Å²) in [7, 11) is 1.54. The van der Waals surface area contributed by atoms with E-state index in [1.54, 1.807) is 25.3 Å². The smallest absolute Gasteiger partial charge is 0.267 e. The van der Waals surface area contributed by atoms with Crippen molar-refractivity contribution in [3.63, 3.8) is 0 Å². The molecular weight excluding hydrogens is 344 g/mol. The van der Waals surface area contributed by atoms with Gasteiger partial charge in [0.15, 0.2) is 0 Å². The minimum absolute atomic E-state index is 0.109. The molecule has 3 nitrogen and oxygen atoms in total. The lowest BCUT2D eigenvalue weighted by molar-refractivity contribution is 0.103. The van der Waals surface area contributed by atoms with Crippen molar-refractivity contribution in [1.29, 1.82) is 0 Å². The molecule has 1 aromatic heterocycles. The number of halogens is 3. The number of carbonyl (C=O) groups is 1. The summed E-state index contributed by atoms with van der Waals surface area (Å²) in [5.74, 6) is -1.47. The van der Waals surface area contributed by atoms with E-state index in [9.17, 15) is 13.6 Å². The Morgan fingerprint density at radius 2 is 2.00 bits per heavy atom. The summed E-state index contributed by atoms with van der Waals surface area (Å²) in [6.45, 7) is 0. The van der Waals surface area contributed by atoms with Gasteiger partial charge >= 0.3 is 0 Å². The van der Waals surface area contributed by atoms with Crippen LogP contribution in [0.3, 0.4) is 0 Å². The average molecular weight is 354 g/mol. The van der Waals surface area contributed by atoms with Crippen LogP contribution < -0.4 is 10.1 Å². The second-order valence-corrected chi connectivity index (χ2v) is 6.12. The van der Waals surface area contributed by atoms with Gasteiger partial charge in [0.05, 0.1) is 17.8 Å². The van der Waals surface area contributed by atoms with Crippen LogP contribution in [0.5, 0.6) is 5.75 Å². The van der Waals surface area contributed by atoms with Gasteiger partial charge in [0.2, 0.25) is 0 Å². The van der Waals surface area contributed by atoms with Gasteiger partial charge in [0, 0.05) is 16.2 Å². The van der Waals surface area contributed by atoms with Crippen LogP contribution in [0.2, 0.25) is 5.02 Å². The highest BCUT2D eigenvalue weighted by atomic mass is 35.5. The van der Waals surface area contributed by atoms with Gasteiger partial charge in [0.25, 0.3) is 5.91 Å². The first-order chi connectivity index (χ1) is 11.0. The number of carbonyl (C=O) groups excluding carboxylic acids is 1. The first-order valence-corrected chi connectivity index (χ1v) is 7.71. The number of fused-ring (bicyclic) bond motifs is 1. The topological polar surface area (TPSA) is 38.3 Å². The molecule has 0 spiro atoms. The highest BCUT2D eigenvalue weighted by Crippen LogP contribution is 2.37. The molecule has 0 fully saturated rings. The minimum atomic E-state index is -0.850. The number of rotatable bonds is 3. The maximum atomic E-state index is 13.6. The van der Waals surface area contributed by atoms with E-state index in [-0.39, 0.29) is 15.6 Å². The SMILES string of the molecule is COc1ccc2c(Cl)c(C(=O)Nc3ccc(F)cc3F)sc2c1. The zero-order valence-corrected chi connectivity index (χ0v) is 13.4. The van der Waals surface area contributed by atoms with Gasteiger partial charge in [0.1, 0.15) is 22.3 Å². The Bertz CT molecular complexity index is 910. The molecule has 1 heterocycles. The van der Waals surface area contributed by atoms with E-state index in [0.29, 0.717) is 17.2 Å². The van der Waals surface area contributed by atoms with E-state index < -0.39 is 17.5 Å². The summed E-state index contributed by atoms with van der Waals surface area (Å²) >= 11 is 7.40. The molecule has 0 aliphatic heterocycles. The molecule has 0 aliphatic carbocycles. The third-order valence-electron chi connectivity index (χ3n) is 3.22. The van der Waals surface area contributed by atoms with Gasteiger partial charge in [-0.1, -0.05) is 11.6 Å². The molecule has 3 rings (SSSR count). The van der Waals surface area contributed by atoms with Crippen LogP contribution in [0.1, 0.15) is 9.67 Å². The lowest BCUT2D eigenvalue weighted by Gasteiger charge is -2.05. The van der Waals surface area contributed by atoms with Crippen molar-refractivity contribution < 1.29 is 18.3 Å². The van der Waals surface area contributed by atoms with E-state index in [1.165, 1.54) is 11.3 Å². The van der Waals surface area contributed by atoms with E-state index in [0.717, 1.165) is 16.8 Å². The summed E-state index contributed by atoms with van der Waals surface area (Å²) in [6.07, 6.45) is 0. The van der Waals surface area contributed by atoms with Crippen molar-refractivity contribution in [2.45, 2.75) is 0 Å². The van der Waals surface area contributed by atoms with Gasteiger partial charge in [-0.15, -0.1) is 11.3 Å². The van der Waals surface area contributed by atoms with E-state index >= 15 is 0 Å². The van der Waals surface area contributed by atoms with Crippen molar-refractivity contribution >= 4 is 44.6 Å². The number of amides is 1. The Morgan fingerprint density at radius 3 is 2.70 bits per heavy atom. The quantitative estimate of drug-likeness (QED) is 0.712. The Kier molecular flexibility index (Phi) is 4.19. The van der Waals surface area contributed by atoms with Crippen molar-refractivity contribution in [2.75, 3.05) is 12.4 Å². The van der Waals surface area contributed by atoms with Gasteiger partial charge in [-0.3, -0.25) is 4.79 Å². The number of methoxy groups -OCH3 is 1. The van der Waals surface area contributed by atoms with Crippen LogP contribution in [-0.2, 0) is 0 Å².